The van der Waals surface area contributed by atoms with Crippen LogP contribution in [0.4, 0.5) is 0 Å². The van der Waals surface area contributed by atoms with Crippen molar-refractivity contribution in [2.75, 3.05) is 26.4 Å². The Labute approximate surface area is 131 Å². The zero-order chi connectivity index (χ0) is 14.7. The molecule has 3 rings (SSSR count). The van der Waals surface area contributed by atoms with Crippen LogP contribution in [-0.2, 0) is 9.47 Å². The fraction of sp³-hybridized carbons (Fsp3) is 0.812. The summed E-state index contributed by atoms with van der Waals surface area (Å²) in [5.74, 6) is 0.610. The van der Waals surface area contributed by atoms with Crippen LogP contribution in [0.25, 0.3) is 0 Å². The molecule has 3 heterocycles. The molecule has 2 fully saturated rings. The van der Waals surface area contributed by atoms with Gasteiger partial charge in [-0.15, -0.1) is 11.3 Å². The van der Waals surface area contributed by atoms with Gasteiger partial charge in [-0.2, -0.15) is 0 Å². The van der Waals surface area contributed by atoms with E-state index in [0.717, 1.165) is 57.1 Å². The van der Waals surface area contributed by atoms with Crippen LogP contribution in [0.5, 0.6) is 0 Å². The Morgan fingerprint density at radius 2 is 2.24 bits per heavy atom. The fourth-order valence-corrected chi connectivity index (χ4v) is 4.35. The molecule has 0 saturated carbocycles. The Hall–Kier alpha value is -0.490. The molecule has 0 aromatic carbocycles. The third kappa shape index (κ3) is 3.47. The molecule has 5 heteroatoms. The van der Waals surface area contributed by atoms with E-state index in [2.05, 4.69) is 24.5 Å². The van der Waals surface area contributed by atoms with Crippen LogP contribution in [0.3, 0.4) is 0 Å². The number of nitrogens with one attached hydrogen (secondary N) is 1. The van der Waals surface area contributed by atoms with E-state index in [9.17, 15) is 0 Å². The fourth-order valence-electron chi connectivity index (χ4n) is 3.70. The van der Waals surface area contributed by atoms with Crippen LogP contribution in [0.15, 0.2) is 5.38 Å². The van der Waals surface area contributed by atoms with E-state index >= 15 is 0 Å². The van der Waals surface area contributed by atoms with Gasteiger partial charge in [0.2, 0.25) is 0 Å². The van der Waals surface area contributed by atoms with Crippen molar-refractivity contribution in [3.8, 4) is 0 Å². The first kappa shape index (κ1) is 15.4. The van der Waals surface area contributed by atoms with Gasteiger partial charge in [0.25, 0.3) is 0 Å². The molecule has 21 heavy (non-hydrogen) atoms. The minimum Gasteiger partial charge on any atom is -0.381 e. The SMILES string of the molecule is CCNC(c1csc(C)n1)C1CCOC2(CCOCC2)C1. The third-order valence-electron chi connectivity index (χ3n) is 4.79. The Bertz CT molecular complexity index is 451. The summed E-state index contributed by atoms with van der Waals surface area (Å²) in [6.07, 6.45) is 4.33. The molecule has 2 aliphatic heterocycles. The van der Waals surface area contributed by atoms with Crippen molar-refractivity contribution in [3.05, 3.63) is 16.1 Å². The zero-order valence-electron chi connectivity index (χ0n) is 13.1. The maximum Gasteiger partial charge on any atom is 0.0898 e. The van der Waals surface area contributed by atoms with Gasteiger partial charge in [-0.25, -0.2) is 4.98 Å². The van der Waals surface area contributed by atoms with E-state index in [1.807, 2.05) is 0 Å². The second-order valence-electron chi connectivity index (χ2n) is 6.22. The first-order valence-corrected chi connectivity index (χ1v) is 8.97. The maximum absolute atomic E-state index is 6.18. The lowest BCUT2D eigenvalue weighted by molar-refractivity contribution is -0.150. The molecule has 0 aliphatic carbocycles. The molecule has 1 aromatic rings. The number of aromatic nitrogens is 1. The van der Waals surface area contributed by atoms with Gasteiger partial charge >= 0.3 is 0 Å². The van der Waals surface area contributed by atoms with Crippen LogP contribution in [0.2, 0.25) is 0 Å². The standard InChI is InChI=1S/C16H26N2O2S/c1-3-17-15(14-11-21-12(2)18-14)13-4-7-20-16(10-13)5-8-19-9-6-16/h11,13,15,17H,3-10H2,1-2H3. The molecular formula is C16H26N2O2S. The van der Waals surface area contributed by atoms with Gasteiger partial charge in [-0.1, -0.05) is 6.92 Å². The lowest BCUT2D eigenvalue weighted by Crippen LogP contribution is -2.47. The third-order valence-corrected chi connectivity index (χ3v) is 5.58. The van der Waals surface area contributed by atoms with Crippen LogP contribution in [-0.4, -0.2) is 37.0 Å². The van der Waals surface area contributed by atoms with Crippen LogP contribution in [0, 0.1) is 12.8 Å². The Morgan fingerprint density at radius 1 is 1.43 bits per heavy atom. The molecule has 1 spiro atoms. The minimum atomic E-state index is 0.0555. The number of aryl methyl sites for hydroxylation is 1. The van der Waals surface area contributed by atoms with Crippen molar-refractivity contribution >= 4 is 11.3 Å². The number of ether oxygens (including phenoxy) is 2. The quantitative estimate of drug-likeness (QED) is 0.928. The first-order chi connectivity index (χ1) is 10.2. The van der Waals surface area contributed by atoms with Gasteiger partial charge < -0.3 is 14.8 Å². The summed E-state index contributed by atoms with van der Waals surface area (Å²) in [5, 5.41) is 7.03. The number of nitrogens with zero attached hydrogens (tertiary/aromatic N) is 1. The second kappa shape index (κ2) is 6.73. The number of rotatable bonds is 4. The molecular weight excluding hydrogens is 284 g/mol. The highest BCUT2D eigenvalue weighted by atomic mass is 32.1. The van der Waals surface area contributed by atoms with Crippen LogP contribution in [0.1, 0.15) is 49.4 Å². The zero-order valence-corrected chi connectivity index (χ0v) is 13.9. The largest absolute Gasteiger partial charge is 0.381 e. The van der Waals surface area contributed by atoms with Crippen molar-refractivity contribution in [2.45, 2.75) is 51.2 Å². The normalized spacial score (nSPS) is 26.9. The summed E-state index contributed by atoms with van der Waals surface area (Å²) in [6, 6.07) is 0.364. The molecule has 2 aliphatic rings. The number of thiazole rings is 1. The summed E-state index contributed by atoms with van der Waals surface area (Å²) < 4.78 is 11.7. The summed E-state index contributed by atoms with van der Waals surface area (Å²) in [4.78, 5) is 4.73. The highest BCUT2D eigenvalue weighted by Gasteiger charge is 2.41. The molecule has 0 bridgehead atoms. The van der Waals surface area contributed by atoms with Gasteiger partial charge in [-0.05, 0) is 45.1 Å². The lowest BCUT2D eigenvalue weighted by atomic mass is 9.77. The Kier molecular flexibility index (Phi) is 4.94. The van der Waals surface area contributed by atoms with E-state index in [0.29, 0.717) is 12.0 Å². The predicted molar refractivity (Wildman–Crippen MR) is 84.7 cm³/mol. The molecule has 118 valence electrons. The molecule has 2 unspecified atom stereocenters. The monoisotopic (exact) mass is 310 g/mol. The Morgan fingerprint density at radius 3 is 2.90 bits per heavy atom. The van der Waals surface area contributed by atoms with Crippen molar-refractivity contribution < 1.29 is 9.47 Å². The second-order valence-corrected chi connectivity index (χ2v) is 7.29. The molecule has 0 radical (unpaired) electrons. The topological polar surface area (TPSA) is 43.4 Å². The van der Waals surface area contributed by atoms with Gasteiger partial charge in [0, 0.05) is 25.2 Å². The minimum absolute atomic E-state index is 0.0555. The number of hydrogen-bond acceptors (Lipinski definition) is 5. The van der Waals surface area contributed by atoms with Gasteiger partial charge in [-0.3, -0.25) is 0 Å². The summed E-state index contributed by atoms with van der Waals surface area (Å²) in [6.45, 7) is 7.80. The van der Waals surface area contributed by atoms with Crippen molar-refractivity contribution in [1.29, 1.82) is 0 Å². The first-order valence-electron chi connectivity index (χ1n) is 8.09. The van der Waals surface area contributed by atoms with Gasteiger partial charge in [0.05, 0.1) is 22.3 Å². The highest BCUT2D eigenvalue weighted by molar-refractivity contribution is 7.09. The average Bonchev–Trinajstić information content (AvgIpc) is 2.92. The smallest absolute Gasteiger partial charge is 0.0898 e. The lowest BCUT2D eigenvalue weighted by Gasteiger charge is -2.45. The molecule has 1 aromatic heterocycles. The van der Waals surface area contributed by atoms with E-state index in [1.165, 1.54) is 5.69 Å². The summed E-state index contributed by atoms with van der Waals surface area (Å²) in [5.41, 5.74) is 1.27. The Balaban J connectivity index is 1.75. The van der Waals surface area contributed by atoms with Gasteiger partial charge in [0.1, 0.15) is 0 Å². The number of hydrogen-bond donors (Lipinski definition) is 1. The maximum atomic E-state index is 6.18. The van der Waals surface area contributed by atoms with Crippen LogP contribution < -0.4 is 5.32 Å². The van der Waals surface area contributed by atoms with Crippen molar-refractivity contribution in [1.82, 2.24) is 10.3 Å². The van der Waals surface area contributed by atoms with E-state index in [-0.39, 0.29) is 5.60 Å². The molecule has 1 N–H and O–H groups in total. The molecule has 2 saturated heterocycles. The highest BCUT2D eigenvalue weighted by Crippen LogP contribution is 2.41. The van der Waals surface area contributed by atoms with E-state index in [4.69, 9.17) is 14.5 Å². The van der Waals surface area contributed by atoms with Gasteiger partial charge in [0.15, 0.2) is 0 Å². The molecule has 0 amide bonds. The molecule has 2 atom stereocenters. The van der Waals surface area contributed by atoms with Crippen molar-refractivity contribution in [2.24, 2.45) is 5.92 Å². The van der Waals surface area contributed by atoms with E-state index in [1.54, 1.807) is 11.3 Å². The predicted octanol–water partition coefficient (Wildman–Crippen LogP) is 3.08. The molecule has 4 nitrogen and oxygen atoms in total. The van der Waals surface area contributed by atoms with Crippen molar-refractivity contribution in [3.63, 3.8) is 0 Å². The summed E-state index contributed by atoms with van der Waals surface area (Å²) >= 11 is 1.75. The summed E-state index contributed by atoms with van der Waals surface area (Å²) in [7, 11) is 0. The van der Waals surface area contributed by atoms with E-state index < -0.39 is 0 Å². The average molecular weight is 310 g/mol. The van der Waals surface area contributed by atoms with Crippen LogP contribution >= 0.6 is 11.3 Å².